The van der Waals surface area contributed by atoms with Gasteiger partial charge in [-0.05, 0) is 42.3 Å². The highest BCUT2D eigenvalue weighted by atomic mass is 35.5. The summed E-state index contributed by atoms with van der Waals surface area (Å²) < 4.78 is 7.06. The maximum atomic E-state index is 13.7. The zero-order valence-corrected chi connectivity index (χ0v) is 19.3. The molecule has 5 rings (SSSR count). The summed E-state index contributed by atoms with van der Waals surface area (Å²) in [5.74, 6) is 0.0511. The van der Waals surface area contributed by atoms with Gasteiger partial charge in [0.25, 0.3) is 5.91 Å². The summed E-state index contributed by atoms with van der Waals surface area (Å²) in [5.41, 5.74) is 1.67. The van der Waals surface area contributed by atoms with E-state index in [4.69, 9.17) is 16.0 Å². The molecule has 1 aliphatic rings. The van der Waals surface area contributed by atoms with E-state index in [0.29, 0.717) is 35.3 Å². The van der Waals surface area contributed by atoms with Crippen LogP contribution in [-0.4, -0.2) is 32.0 Å². The monoisotopic (exact) mass is 474 g/mol. The van der Waals surface area contributed by atoms with Crippen LogP contribution in [0.25, 0.3) is 11.5 Å². The zero-order chi connectivity index (χ0) is 23.7. The van der Waals surface area contributed by atoms with Gasteiger partial charge in [-0.25, -0.2) is 0 Å². The lowest BCUT2D eigenvalue weighted by atomic mass is 9.94. The summed E-state index contributed by atoms with van der Waals surface area (Å²) in [7, 11) is 0. The van der Waals surface area contributed by atoms with Crippen LogP contribution in [0.15, 0.2) is 83.5 Å². The molecule has 0 saturated heterocycles. The van der Waals surface area contributed by atoms with Gasteiger partial charge in [0, 0.05) is 24.2 Å². The molecule has 1 N–H and O–H groups in total. The molecule has 1 aliphatic heterocycles. The highest BCUT2D eigenvalue weighted by Crippen LogP contribution is 2.31. The number of rotatable bonds is 6. The quantitative estimate of drug-likeness (QED) is 0.445. The van der Waals surface area contributed by atoms with Crippen LogP contribution in [0.5, 0.6) is 0 Å². The SMILES string of the molecule is C[C@]1(C(=O)NCc2ccc(Cl)cc2)Cn2nc(-c3ccco3)cc2C(=O)N1Cc1ccccc1. The Bertz CT molecular complexity index is 1320. The van der Waals surface area contributed by atoms with Gasteiger partial charge in [0.2, 0.25) is 5.91 Å². The Morgan fingerprint density at radius 1 is 1.09 bits per heavy atom. The average molecular weight is 475 g/mol. The summed E-state index contributed by atoms with van der Waals surface area (Å²) in [4.78, 5) is 28.9. The number of carbonyl (C=O) groups excluding carboxylic acids is 2. The number of fused-ring (bicyclic) bond motifs is 1. The van der Waals surface area contributed by atoms with Gasteiger partial charge in [-0.2, -0.15) is 5.10 Å². The van der Waals surface area contributed by atoms with E-state index in [1.165, 1.54) is 0 Å². The van der Waals surface area contributed by atoms with Gasteiger partial charge in [0.1, 0.15) is 16.9 Å². The number of halogens is 1. The van der Waals surface area contributed by atoms with E-state index in [9.17, 15) is 9.59 Å². The number of nitrogens with zero attached hydrogens (tertiary/aromatic N) is 3. The van der Waals surface area contributed by atoms with Crippen molar-refractivity contribution in [3.63, 3.8) is 0 Å². The Morgan fingerprint density at radius 2 is 1.85 bits per heavy atom. The minimum absolute atomic E-state index is 0.216. The second-order valence-electron chi connectivity index (χ2n) is 8.51. The van der Waals surface area contributed by atoms with Crippen LogP contribution in [0.2, 0.25) is 5.02 Å². The summed E-state index contributed by atoms with van der Waals surface area (Å²) in [6.07, 6.45) is 1.56. The first-order chi connectivity index (χ1) is 16.4. The molecule has 0 fully saturated rings. The van der Waals surface area contributed by atoms with Crippen LogP contribution in [-0.2, 0) is 24.4 Å². The Hall–Kier alpha value is -3.84. The number of hydrogen-bond donors (Lipinski definition) is 1. The first kappa shape index (κ1) is 22.0. The minimum atomic E-state index is -1.15. The molecule has 8 heteroatoms. The standard InChI is InChI=1S/C26H23ClN4O3/c1-26(25(33)28-15-18-9-11-20(27)12-10-18)17-31-22(14-21(29-31)23-8-5-13-34-23)24(32)30(26)16-19-6-3-2-4-7-19/h2-14H,15-17H2,1H3,(H,28,33)/t26-/m1/s1. The summed E-state index contributed by atoms with van der Waals surface area (Å²) in [5, 5.41) is 8.20. The highest BCUT2D eigenvalue weighted by Gasteiger charge is 2.48. The second-order valence-corrected chi connectivity index (χ2v) is 8.95. The smallest absolute Gasteiger partial charge is 0.273 e. The molecule has 2 aromatic carbocycles. The lowest BCUT2D eigenvalue weighted by Crippen LogP contribution is -2.63. The predicted octanol–water partition coefficient (Wildman–Crippen LogP) is 4.53. The lowest BCUT2D eigenvalue weighted by Gasteiger charge is -2.43. The number of carbonyl (C=O) groups is 2. The molecule has 1 atom stereocenters. The van der Waals surface area contributed by atoms with Crippen LogP contribution in [0, 0.1) is 0 Å². The van der Waals surface area contributed by atoms with E-state index >= 15 is 0 Å². The van der Waals surface area contributed by atoms with Crippen molar-refractivity contribution in [1.82, 2.24) is 20.0 Å². The molecule has 0 bridgehead atoms. The minimum Gasteiger partial charge on any atom is -0.463 e. The van der Waals surface area contributed by atoms with Gasteiger partial charge in [-0.3, -0.25) is 14.3 Å². The third kappa shape index (κ3) is 4.10. The largest absolute Gasteiger partial charge is 0.463 e. The van der Waals surface area contributed by atoms with Gasteiger partial charge in [-0.1, -0.05) is 54.1 Å². The third-order valence-electron chi connectivity index (χ3n) is 6.11. The van der Waals surface area contributed by atoms with Gasteiger partial charge < -0.3 is 14.6 Å². The number of hydrogen-bond acceptors (Lipinski definition) is 4. The summed E-state index contributed by atoms with van der Waals surface area (Å²) in [6, 6.07) is 22.2. The fraction of sp³-hybridized carbons (Fsp3) is 0.192. The van der Waals surface area contributed by atoms with Crippen molar-refractivity contribution in [2.75, 3.05) is 0 Å². The molecule has 0 spiro atoms. The van der Waals surface area contributed by atoms with Gasteiger partial charge >= 0.3 is 0 Å². The normalized spacial score (nSPS) is 17.5. The van der Waals surface area contributed by atoms with Gasteiger partial charge in [0.05, 0.1) is 12.8 Å². The molecule has 2 aromatic heterocycles. The molecule has 4 aromatic rings. The summed E-state index contributed by atoms with van der Waals surface area (Å²) >= 11 is 5.97. The maximum Gasteiger partial charge on any atom is 0.273 e. The van der Waals surface area contributed by atoms with Crippen molar-refractivity contribution in [2.45, 2.75) is 32.1 Å². The molecule has 2 amide bonds. The fourth-order valence-corrected chi connectivity index (χ4v) is 4.30. The van der Waals surface area contributed by atoms with E-state index < -0.39 is 5.54 Å². The van der Waals surface area contributed by atoms with Crippen molar-refractivity contribution >= 4 is 23.4 Å². The number of furan rings is 1. The maximum absolute atomic E-state index is 13.7. The van der Waals surface area contributed by atoms with Crippen LogP contribution in [0.1, 0.15) is 28.5 Å². The molecule has 3 heterocycles. The highest BCUT2D eigenvalue weighted by molar-refractivity contribution is 6.30. The Labute approximate surface area is 201 Å². The van der Waals surface area contributed by atoms with Crippen molar-refractivity contribution in [2.24, 2.45) is 0 Å². The molecule has 34 heavy (non-hydrogen) atoms. The predicted molar refractivity (Wildman–Crippen MR) is 128 cm³/mol. The van der Waals surface area contributed by atoms with Crippen LogP contribution in [0.3, 0.4) is 0 Å². The van der Waals surface area contributed by atoms with E-state index in [0.717, 1.165) is 11.1 Å². The van der Waals surface area contributed by atoms with E-state index in [2.05, 4.69) is 10.4 Å². The molecule has 0 radical (unpaired) electrons. The van der Waals surface area contributed by atoms with E-state index in [-0.39, 0.29) is 18.4 Å². The molecule has 7 nitrogen and oxygen atoms in total. The number of amides is 2. The molecule has 0 unspecified atom stereocenters. The van der Waals surface area contributed by atoms with E-state index in [1.54, 1.807) is 53.1 Å². The van der Waals surface area contributed by atoms with Crippen molar-refractivity contribution in [1.29, 1.82) is 0 Å². The van der Waals surface area contributed by atoms with E-state index in [1.807, 2.05) is 42.5 Å². The van der Waals surface area contributed by atoms with Crippen LogP contribution >= 0.6 is 11.6 Å². The Morgan fingerprint density at radius 3 is 2.56 bits per heavy atom. The number of benzene rings is 2. The molecule has 172 valence electrons. The molecule has 0 aliphatic carbocycles. The van der Waals surface area contributed by atoms with Crippen molar-refractivity contribution in [3.8, 4) is 11.5 Å². The second kappa shape index (κ2) is 8.83. The zero-order valence-electron chi connectivity index (χ0n) is 18.6. The Kier molecular flexibility index (Phi) is 5.71. The van der Waals surface area contributed by atoms with Crippen LogP contribution in [0.4, 0.5) is 0 Å². The topological polar surface area (TPSA) is 80.4 Å². The molecular weight excluding hydrogens is 452 g/mol. The fourth-order valence-electron chi connectivity index (χ4n) is 4.18. The van der Waals surface area contributed by atoms with Crippen molar-refractivity contribution < 1.29 is 14.0 Å². The average Bonchev–Trinajstić information content (AvgIpc) is 3.52. The first-order valence-electron chi connectivity index (χ1n) is 10.9. The molecular formula is C26H23ClN4O3. The first-order valence-corrected chi connectivity index (χ1v) is 11.3. The van der Waals surface area contributed by atoms with Crippen LogP contribution < -0.4 is 5.32 Å². The Balaban J connectivity index is 1.47. The van der Waals surface area contributed by atoms with Gasteiger partial charge in [0.15, 0.2) is 5.76 Å². The third-order valence-corrected chi connectivity index (χ3v) is 6.36. The van der Waals surface area contributed by atoms with Crippen molar-refractivity contribution in [3.05, 3.63) is 101 Å². The lowest BCUT2D eigenvalue weighted by molar-refractivity contribution is -0.133. The molecule has 0 saturated carbocycles. The van der Waals surface area contributed by atoms with Gasteiger partial charge in [-0.15, -0.1) is 0 Å². The number of aromatic nitrogens is 2. The summed E-state index contributed by atoms with van der Waals surface area (Å²) in [6.45, 7) is 2.62. The number of nitrogens with one attached hydrogen (secondary N) is 1.